The molecule has 0 bridgehead atoms. The van der Waals surface area contributed by atoms with Gasteiger partial charge >= 0.3 is 0 Å². The molecule has 0 N–H and O–H groups in total. The van der Waals surface area contributed by atoms with Crippen molar-refractivity contribution >= 4 is 46.2 Å². The number of aliphatic imine (C=N–C) groups is 1. The number of para-hydroxylation sites is 1. The van der Waals surface area contributed by atoms with Crippen LogP contribution in [0.15, 0.2) is 58.4 Å². The highest BCUT2D eigenvalue weighted by molar-refractivity contribution is 8.18. The number of amidine groups is 1. The van der Waals surface area contributed by atoms with Crippen molar-refractivity contribution < 1.29 is 9.53 Å². The molecule has 1 aliphatic heterocycles. The first-order valence-corrected chi connectivity index (χ1v) is 9.98. The maximum absolute atomic E-state index is 12.8. The molecule has 0 unspecified atom stereocenters. The van der Waals surface area contributed by atoms with E-state index in [4.69, 9.17) is 16.3 Å². The smallest absolute Gasteiger partial charge is 0.266 e. The molecular formula is C21H21ClN2O2S. The lowest BCUT2D eigenvalue weighted by Gasteiger charge is -2.13. The zero-order chi connectivity index (χ0) is 19.4. The number of likely N-dealkylation sites (N-methyl/N-ethyl adjacent to an activating group) is 1. The van der Waals surface area contributed by atoms with E-state index in [-0.39, 0.29) is 12.0 Å². The minimum Gasteiger partial charge on any atom is -0.490 e. The molecule has 0 radical (unpaired) electrons. The number of hydrogen-bond donors (Lipinski definition) is 0. The summed E-state index contributed by atoms with van der Waals surface area (Å²) in [4.78, 5) is 19.7. The van der Waals surface area contributed by atoms with Gasteiger partial charge in [-0.1, -0.05) is 35.9 Å². The van der Waals surface area contributed by atoms with Gasteiger partial charge in [-0.25, -0.2) is 4.99 Å². The van der Waals surface area contributed by atoms with E-state index in [1.54, 1.807) is 17.0 Å². The molecule has 1 saturated heterocycles. The molecule has 0 atom stereocenters. The number of halogens is 1. The summed E-state index contributed by atoms with van der Waals surface area (Å²) in [5, 5.41) is 1.27. The van der Waals surface area contributed by atoms with Gasteiger partial charge in [0.1, 0.15) is 5.75 Å². The summed E-state index contributed by atoms with van der Waals surface area (Å²) in [6.45, 7) is 6.44. The average molecular weight is 401 g/mol. The number of amides is 1. The lowest BCUT2D eigenvalue weighted by molar-refractivity contribution is -0.122. The molecule has 0 aliphatic carbocycles. The van der Waals surface area contributed by atoms with Crippen LogP contribution in [-0.2, 0) is 4.79 Å². The quantitative estimate of drug-likeness (QED) is 0.600. The number of nitrogens with zero attached hydrogens (tertiary/aromatic N) is 2. The van der Waals surface area contributed by atoms with Gasteiger partial charge < -0.3 is 4.74 Å². The van der Waals surface area contributed by atoms with Gasteiger partial charge in [0, 0.05) is 17.1 Å². The summed E-state index contributed by atoms with van der Waals surface area (Å²) < 4.78 is 5.86. The average Bonchev–Trinajstić information content (AvgIpc) is 2.91. The fourth-order valence-electron chi connectivity index (χ4n) is 2.63. The van der Waals surface area contributed by atoms with Crippen LogP contribution in [0.5, 0.6) is 5.75 Å². The molecule has 140 valence electrons. The van der Waals surface area contributed by atoms with Crippen molar-refractivity contribution in [3.05, 3.63) is 64.0 Å². The number of ether oxygens (including phenoxy) is 1. The molecule has 1 heterocycles. The van der Waals surface area contributed by atoms with Gasteiger partial charge in [-0.05, 0) is 62.9 Å². The first-order valence-electron chi connectivity index (χ1n) is 8.79. The molecule has 0 spiro atoms. The van der Waals surface area contributed by atoms with Gasteiger partial charge in [0.15, 0.2) is 5.17 Å². The van der Waals surface area contributed by atoms with E-state index in [1.807, 2.05) is 63.2 Å². The Morgan fingerprint density at radius 2 is 2.00 bits per heavy atom. The van der Waals surface area contributed by atoms with E-state index in [1.165, 1.54) is 11.8 Å². The molecule has 1 aliphatic rings. The van der Waals surface area contributed by atoms with Crippen LogP contribution in [0.1, 0.15) is 26.3 Å². The molecule has 0 aromatic heterocycles. The van der Waals surface area contributed by atoms with Gasteiger partial charge in [0.25, 0.3) is 5.91 Å². The van der Waals surface area contributed by atoms with Crippen molar-refractivity contribution in [2.45, 2.75) is 26.9 Å². The van der Waals surface area contributed by atoms with Crippen molar-refractivity contribution in [2.75, 3.05) is 6.54 Å². The fraction of sp³-hybridized carbons (Fsp3) is 0.238. The molecule has 4 nitrogen and oxygen atoms in total. The molecule has 2 aromatic rings. The van der Waals surface area contributed by atoms with Gasteiger partial charge in [-0.3, -0.25) is 9.69 Å². The monoisotopic (exact) mass is 400 g/mol. The zero-order valence-corrected chi connectivity index (χ0v) is 17.1. The topological polar surface area (TPSA) is 41.9 Å². The lowest BCUT2D eigenvalue weighted by atomic mass is 10.2. The molecule has 1 amide bonds. The second-order valence-electron chi connectivity index (χ2n) is 6.24. The lowest BCUT2D eigenvalue weighted by Crippen LogP contribution is -2.28. The number of carbonyl (C=O) groups excluding carboxylic acids is 1. The fourth-order valence-corrected chi connectivity index (χ4v) is 3.87. The Hall–Kier alpha value is -2.24. The van der Waals surface area contributed by atoms with Gasteiger partial charge in [-0.15, -0.1) is 0 Å². The third-order valence-electron chi connectivity index (χ3n) is 3.81. The molecule has 1 fully saturated rings. The predicted octanol–water partition coefficient (Wildman–Crippen LogP) is 5.75. The molecule has 3 rings (SSSR count). The van der Waals surface area contributed by atoms with Gasteiger partial charge in [0.05, 0.1) is 16.7 Å². The maximum atomic E-state index is 12.8. The second-order valence-corrected chi connectivity index (χ2v) is 7.68. The minimum absolute atomic E-state index is 0.0531. The maximum Gasteiger partial charge on any atom is 0.266 e. The number of carbonyl (C=O) groups is 1. The van der Waals surface area contributed by atoms with Crippen molar-refractivity contribution in [1.29, 1.82) is 0 Å². The van der Waals surface area contributed by atoms with Crippen LogP contribution in [0.2, 0.25) is 5.02 Å². The van der Waals surface area contributed by atoms with E-state index in [0.29, 0.717) is 21.6 Å². The van der Waals surface area contributed by atoms with Crippen LogP contribution < -0.4 is 4.74 Å². The highest BCUT2D eigenvalue weighted by Gasteiger charge is 2.32. The van der Waals surface area contributed by atoms with Crippen LogP contribution in [0.25, 0.3) is 6.08 Å². The number of rotatable bonds is 5. The van der Waals surface area contributed by atoms with Crippen LogP contribution in [0, 0.1) is 0 Å². The number of benzene rings is 2. The van der Waals surface area contributed by atoms with E-state index in [0.717, 1.165) is 17.0 Å². The van der Waals surface area contributed by atoms with Crippen molar-refractivity contribution in [1.82, 2.24) is 4.90 Å². The molecule has 27 heavy (non-hydrogen) atoms. The molecule has 6 heteroatoms. The normalized spacial score (nSPS) is 17.4. The SMILES string of the molecule is CCN1C(=O)/C(=C\c2ccccc2OC(C)C)SC1=Nc1cccc(Cl)c1. The predicted molar refractivity (Wildman–Crippen MR) is 114 cm³/mol. The molecular weight excluding hydrogens is 380 g/mol. The summed E-state index contributed by atoms with van der Waals surface area (Å²) in [6, 6.07) is 15.0. The summed E-state index contributed by atoms with van der Waals surface area (Å²) in [5.41, 5.74) is 1.60. The Balaban J connectivity index is 1.94. The first kappa shape index (κ1) is 19.5. The van der Waals surface area contributed by atoms with Crippen molar-refractivity contribution in [3.63, 3.8) is 0 Å². The van der Waals surface area contributed by atoms with Crippen molar-refractivity contribution in [3.8, 4) is 5.75 Å². The summed E-state index contributed by atoms with van der Waals surface area (Å²) in [7, 11) is 0. The Labute approximate surface area is 168 Å². The Bertz CT molecular complexity index is 909. The number of hydrogen-bond acceptors (Lipinski definition) is 4. The Kier molecular flexibility index (Phi) is 6.24. The summed E-state index contributed by atoms with van der Waals surface area (Å²) >= 11 is 7.41. The molecule has 2 aromatic carbocycles. The van der Waals surface area contributed by atoms with Gasteiger partial charge in [-0.2, -0.15) is 0 Å². The Morgan fingerprint density at radius 1 is 1.22 bits per heavy atom. The van der Waals surface area contributed by atoms with Crippen LogP contribution in [0.4, 0.5) is 5.69 Å². The summed E-state index contributed by atoms with van der Waals surface area (Å²) in [5.74, 6) is 0.708. The van der Waals surface area contributed by atoms with E-state index >= 15 is 0 Å². The van der Waals surface area contributed by atoms with Crippen LogP contribution in [-0.4, -0.2) is 28.6 Å². The van der Waals surface area contributed by atoms with E-state index in [2.05, 4.69) is 4.99 Å². The van der Waals surface area contributed by atoms with Crippen molar-refractivity contribution in [2.24, 2.45) is 4.99 Å². The third kappa shape index (κ3) is 4.73. The van der Waals surface area contributed by atoms with E-state index < -0.39 is 0 Å². The highest BCUT2D eigenvalue weighted by atomic mass is 35.5. The van der Waals surface area contributed by atoms with E-state index in [9.17, 15) is 4.79 Å². The number of thioether (sulfide) groups is 1. The standard InChI is InChI=1S/C21H21ClN2O2S/c1-4-24-20(25)19(12-15-8-5-6-11-18(15)26-14(2)3)27-21(24)23-17-10-7-9-16(22)13-17/h5-14H,4H2,1-3H3/b19-12+,23-21?. The minimum atomic E-state index is -0.0531. The van der Waals surface area contributed by atoms with Crippen LogP contribution >= 0.6 is 23.4 Å². The first-order chi connectivity index (χ1) is 13.0. The van der Waals surface area contributed by atoms with Crippen LogP contribution in [0.3, 0.4) is 0 Å². The largest absolute Gasteiger partial charge is 0.490 e. The van der Waals surface area contributed by atoms with Gasteiger partial charge in [0.2, 0.25) is 0 Å². The molecule has 0 saturated carbocycles. The highest BCUT2D eigenvalue weighted by Crippen LogP contribution is 2.35. The third-order valence-corrected chi connectivity index (χ3v) is 5.05. The second kappa shape index (κ2) is 8.63. The summed E-state index contributed by atoms with van der Waals surface area (Å²) in [6.07, 6.45) is 1.93. The Morgan fingerprint density at radius 3 is 2.70 bits per heavy atom. The zero-order valence-electron chi connectivity index (χ0n) is 15.5.